The van der Waals surface area contributed by atoms with Crippen LogP contribution in [0.4, 0.5) is 0 Å². The van der Waals surface area contributed by atoms with Gasteiger partial charge in [-0.15, -0.1) is 0 Å². The molecule has 0 bridgehead atoms. The van der Waals surface area contributed by atoms with Crippen molar-refractivity contribution in [3.05, 3.63) is 30.1 Å². The van der Waals surface area contributed by atoms with E-state index in [2.05, 4.69) is 22.1 Å². The van der Waals surface area contributed by atoms with E-state index in [1.165, 1.54) is 5.56 Å². The smallest absolute Gasteiger partial charge is 0.148 e. The van der Waals surface area contributed by atoms with Crippen LogP contribution in [0.2, 0.25) is 0 Å². The standard InChI is InChI=1S/C11H18N6/c1-3-10(12)4-9-5-14-17(6-9)7-11-13-8-15-16(11)2/h5-6,8,10H,3-4,7,12H2,1-2H3. The van der Waals surface area contributed by atoms with E-state index in [1.807, 2.05) is 24.1 Å². The summed E-state index contributed by atoms with van der Waals surface area (Å²) < 4.78 is 3.61. The first kappa shape index (κ1) is 11.8. The molecule has 2 N–H and O–H groups in total. The van der Waals surface area contributed by atoms with Gasteiger partial charge in [-0.3, -0.25) is 9.36 Å². The van der Waals surface area contributed by atoms with Crippen molar-refractivity contribution in [3.8, 4) is 0 Å². The van der Waals surface area contributed by atoms with Crippen molar-refractivity contribution in [1.82, 2.24) is 24.5 Å². The second-order valence-electron chi connectivity index (χ2n) is 4.22. The normalized spacial score (nSPS) is 12.9. The van der Waals surface area contributed by atoms with Crippen molar-refractivity contribution in [2.24, 2.45) is 12.8 Å². The van der Waals surface area contributed by atoms with Crippen LogP contribution in [0.1, 0.15) is 24.7 Å². The number of rotatable bonds is 5. The number of hydrogen-bond acceptors (Lipinski definition) is 4. The minimum absolute atomic E-state index is 0.211. The van der Waals surface area contributed by atoms with Gasteiger partial charge in [0.25, 0.3) is 0 Å². The average molecular weight is 234 g/mol. The van der Waals surface area contributed by atoms with Gasteiger partial charge < -0.3 is 5.73 Å². The van der Waals surface area contributed by atoms with E-state index < -0.39 is 0 Å². The molecule has 2 aromatic rings. The Morgan fingerprint density at radius 3 is 2.88 bits per heavy atom. The second-order valence-corrected chi connectivity index (χ2v) is 4.22. The molecule has 0 saturated heterocycles. The van der Waals surface area contributed by atoms with Gasteiger partial charge in [-0.25, -0.2) is 4.98 Å². The molecule has 0 fully saturated rings. The van der Waals surface area contributed by atoms with Crippen LogP contribution in [0.5, 0.6) is 0 Å². The highest BCUT2D eigenvalue weighted by Crippen LogP contribution is 2.04. The summed E-state index contributed by atoms with van der Waals surface area (Å²) >= 11 is 0. The molecule has 0 aliphatic rings. The van der Waals surface area contributed by atoms with Crippen molar-refractivity contribution < 1.29 is 0 Å². The molecule has 0 aliphatic carbocycles. The maximum atomic E-state index is 5.91. The SMILES string of the molecule is CCC(N)Cc1cnn(Cc2ncnn2C)c1. The zero-order valence-corrected chi connectivity index (χ0v) is 10.2. The molecule has 0 radical (unpaired) electrons. The molecule has 2 aromatic heterocycles. The maximum Gasteiger partial charge on any atom is 0.148 e. The van der Waals surface area contributed by atoms with Crippen molar-refractivity contribution in [2.75, 3.05) is 0 Å². The van der Waals surface area contributed by atoms with Gasteiger partial charge >= 0.3 is 0 Å². The summed E-state index contributed by atoms with van der Waals surface area (Å²) in [6.45, 7) is 2.73. The lowest BCUT2D eigenvalue weighted by Gasteiger charge is -2.05. The Morgan fingerprint density at radius 2 is 2.24 bits per heavy atom. The van der Waals surface area contributed by atoms with Crippen LogP contribution in [-0.2, 0) is 20.0 Å². The van der Waals surface area contributed by atoms with E-state index >= 15 is 0 Å². The Morgan fingerprint density at radius 1 is 1.41 bits per heavy atom. The number of hydrogen-bond donors (Lipinski definition) is 1. The minimum Gasteiger partial charge on any atom is -0.327 e. The van der Waals surface area contributed by atoms with Crippen LogP contribution in [0, 0.1) is 0 Å². The van der Waals surface area contributed by atoms with Gasteiger partial charge in [0.1, 0.15) is 18.7 Å². The average Bonchev–Trinajstić information content (AvgIpc) is 2.90. The molecule has 17 heavy (non-hydrogen) atoms. The second kappa shape index (κ2) is 5.09. The summed E-state index contributed by atoms with van der Waals surface area (Å²) in [5.74, 6) is 0.888. The van der Waals surface area contributed by atoms with Crippen LogP contribution in [0.25, 0.3) is 0 Å². The zero-order valence-electron chi connectivity index (χ0n) is 10.2. The monoisotopic (exact) mass is 234 g/mol. The Bertz CT molecular complexity index is 472. The van der Waals surface area contributed by atoms with Crippen molar-refractivity contribution in [1.29, 1.82) is 0 Å². The summed E-state index contributed by atoms with van der Waals surface area (Å²) in [6, 6.07) is 0.211. The van der Waals surface area contributed by atoms with E-state index in [1.54, 1.807) is 11.0 Å². The molecule has 2 rings (SSSR count). The fourth-order valence-electron chi connectivity index (χ4n) is 1.65. The lowest BCUT2D eigenvalue weighted by atomic mass is 10.1. The molecule has 92 valence electrons. The molecule has 2 heterocycles. The molecule has 6 nitrogen and oxygen atoms in total. The summed E-state index contributed by atoms with van der Waals surface area (Å²) in [4.78, 5) is 4.16. The molecule has 1 atom stereocenters. The molecule has 0 spiro atoms. The third kappa shape index (κ3) is 2.91. The molecule has 0 saturated carbocycles. The van der Waals surface area contributed by atoms with E-state index in [0.29, 0.717) is 6.54 Å². The number of aromatic nitrogens is 5. The summed E-state index contributed by atoms with van der Waals surface area (Å²) in [5.41, 5.74) is 7.08. The number of nitrogens with zero attached hydrogens (tertiary/aromatic N) is 5. The van der Waals surface area contributed by atoms with Crippen LogP contribution in [-0.4, -0.2) is 30.6 Å². The van der Waals surface area contributed by atoms with E-state index in [4.69, 9.17) is 5.73 Å². The first-order valence-electron chi connectivity index (χ1n) is 5.78. The van der Waals surface area contributed by atoms with Gasteiger partial charge in [-0.2, -0.15) is 10.2 Å². The van der Waals surface area contributed by atoms with E-state index in [0.717, 1.165) is 18.7 Å². The number of nitrogens with two attached hydrogens (primary N) is 1. The highest BCUT2D eigenvalue weighted by Gasteiger charge is 2.06. The Kier molecular flexibility index (Phi) is 3.53. The molecular formula is C11H18N6. The van der Waals surface area contributed by atoms with Crippen molar-refractivity contribution >= 4 is 0 Å². The van der Waals surface area contributed by atoms with Gasteiger partial charge in [0.05, 0.1) is 6.20 Å². The van der Waals surface area contributed by atoms with Crippen LogP contribution in [0.3, 0.4) is 0 Å². The molecule has 0 aromatic carbocycles. The van der Waals surface area contributed by atoms with Gasteiger partial charge in [-0.1, -0.05) is 6.92 Å². The van der Waals surface area contributed by atoms with Gasteiger partial charge in [0, 0.05) is 19.3 Å². The molecular weight excluding hydrogens is 216 g/mol. The van der Waals surface area contributed by atoms with E-state index in [-0.39, 0.29) is 6.04 Å². The predicted molar refractivity (Wildman–Crippen MR) is 64.3 cm³/mol. The van der Waals surface area contributed by atoms with Gasteiger partial charge in [-0.05, 0) is 18.4 Å². The summed E-state index contributed by atoms with van der Waals surface area (Å²) in [5, 5.41) is 8.33. The van der Waals surface area contributed by atoms with Gasteiger partial charge in [0.15, 0.2) is 0 Å². The third-order valence-electron chi connectivity index (χ3n) is 2.82. The quantitative estimate of drug-likeness (QED) is 0.809. The largest absolute Gasteiger partial charge is 0.327 e. The highest BCUT2D eigenvalue weighted by atomic mass is 15.3. The van der Waals surface area contributed by atoms with E-state index in [9.17, 15) is 0 Å². The Labute approximate surface area is 100 Å². The Balaban J connectivity index is 2.01. The fraction of sp³-hybridized carbons (Fsp3) is 0.545. The summed E-state index contributed by atoms with van der Waals surface area (Å²) in [6.07, 6.45) is 7.28. The first-order valence-corrected chi connectivity index (χ1v) is 5.78. The first-order chi connectivity index (χ1) is 8.19. The van der Waals surface area contributed by atoms with Crippen LogP contribution < -0.4 is 5.73 Å². The maximum absolute atomic E-state index is 5.91. The lowest BCUT2D eigenvalue weighted by molar-refractivity contribution is 0.606. The molecule has 1 unspecified atom stereocenters. The van der Waals surface area contributed by atoms with Gasteiger partial charge in [0.2, 0.25) is 0 Å². The Hall–Kier alpha value is -1.69. The topological polar surface area (TPSA) is 74.6 Å². The van der Waals surface area contributed by atoms with Crippen LogP contribution >= 0.6 is 0 Å². The van der Waals surface area contributed by atoms with Crippen molar-refractivity contribution in [2.45, 2.75) is 32.4 Å². The van der Waals surface area contributed by atoms with Crippen molar-refractivity contribution in [3.63, 3.8) is 0 Å². The molecule has 6 heteroatoms. The molecule has 0 amide bonds. The van der Waals surface area contributed by atoms with Crippen LogP contribution in [0.15, 0.2) is 18.7 Å². The minimum atomic E-state index is 0.211. The third-order valence-corrected chi connectivity index (χ3v) is 2.82. The highest BCUT2D eigenvalue weighted by molar-refractivity contribution is 5.06. The number of aryl methyl sites for hydroxylation is 1. The predicted octanol–water partition coefficient (Wildman–Crippen LogP) is 0.340. The molecule has 0 aliphatic heterocycles. The lowest BCUT2D eigenvalue weighted by Crippen LogP contribution is -2.21. The fourth-order valence-corrected chi connectivity index (χ4v) is 1.65. The zero-order chi connectivity index (χ0) is 12.3. The summed E-state index contributed by atoms with van der Waals surface area (Å²) in [7, 11) is 1.87.